The number of hydrogen-bond donors (Lipinski definition) is 0. The first-order chi connectivity index (χ1) is 12.2. The van der Waals surface area contributed by atoms with Crippen LogP contribution in [0.2, 0.25) is 0 Å². The molecule has 0 radical (unpaired) electrons. The molecule has 2 heterocycles. The number of piperazine rings is 1. The Hall–Kier alpha value is -2.82. The zero-order valence-electron chi connectivity index (χ0n) is 13.9. The molecule has 1 saturated heterocycles. The Bertz CT molecular complexity index is 783. The van der Waals surface area contributed by atoms with Gasteiger partial charge in [0.1, 0.15) is 0 Å². The van der Waals surface area contributed by atoms with Gasteiger partial charge in [-0.15, -0.1) is 0 Å². The van der Waals surface area contributed by atoms with Gasteiger partial charge in [0.2, 0.25) is 0 Å². The van der Waals surface area contributed by atoms with Crippen molar-refractivity contribution in [2.45, 2.75) is 12.5 Å². The molecule has 1 atom stereocenters. The van der Waals surface area contributed by atoms with Gasteiger partial charge in [0, 0.05) is 38.3 Å². The lowest BCUT2D eigenvalue weighted by Gasteiger charge is -2.38. The Morgan fingerprint density at radius 3 is 2.36 bits per heavy atom. The van der Waals surface area contributed by atoms with Gasteiger partial charge < -0.3 is 14.5 Å². The maximum Gasteiger partial charge on any atom is 0.339 e. The first-order valence-corrected chi connectivity index (χ1v) is 8.60. The van der Waals surface area contributed by atoms with E-state index in [0.717, 1.165) is 18.7 Å². The summed E-state index contributed by atoms with van der Waals surface area (Å²) in [5.41, 5.74) is 2.63. The lowest BCUT2D eigenvalue weighted by Crippen LogP contribution is -2.53. The molecule has 2 aromatic carbocycles. The second-order valence-corrected chi connectivity index (χ2v) is 6.40. The largest absolute Gasteiger partial charge is 0.448 e. The maximum atomic E-state index is 12.8. The Balaban J connectivity index is 1.41. The minimum atomic E-state index is -0.703. The maximum absolute atomic E-state index is 12.8. The fourth-order valence-corrected chi connectivity index (χ4v) is 3.50. The summed E-state index contributed by atoms with van der Waals surface area (Å²) in [6, 6.07) is 17.5. The molecule has 25 heavy (non-hydrogen) atoms. The van der Waals surface area contributed by atoms with Gasteiger partial charge in [0.25, 0.3) is 5.91 Å². The van der Waals surface area contributed by atoms with Crippen molar-refractivity contribution < 1.29 is 14.3 Å². The van der Waals surface area contributed by atoms with Crippen LogP contribution in [0.4, 0.5) is 5.69 Å². The summed E-state index contributed by atoms with van der Waals surface area (Å²) in [5, 5.41) is 0. The minimum absolute atomic E-state index is 0.0874. The number of fused-ring (bicyclic) bond motifs is 1. The van der Waals surface area contributed by atoms with Gasteiger partial charge in [0.05, 0.1) is 5.56 Å². The first kappa shape index (κ1) is 15.7. The molecule has 0 unspecified atom stereocenters. The topological polar surface area (TPSA) is 49.9 Å². The highest BCUT2D eigenvalue weighted by Gasteiger charge is 2.34. The fourth-order valence-electron chi connectivity index (χ4n) is 3.50. The van der Waals surface area contributed by atoms with Gasteiger partial charge in [-0.05, 0) is 23.8 Å². The Morgan fingerprint density at radius 1 is 0.920 bits per heavy atom. The lowest BCUT2D eigenvalue weighted by molar-refractivity contribution is -0.141. The molecule has 2 aliphatic rings. The van der Waals surface area contributed by atoms with E-state index < -0.39 is 12.1 Å². The van der Waals surface area contributed by atoms with Crippen LogP contribution in [-0.4, -0.2) is 49.1 Å². The van der Waals surface area contributed by atoms with Crippen LogP contribution in [0.5, 0.6) is 0 Å². The summed E-state index contributed by atoms with van der Waals surface area (Å²) in [6.45, 7) is 2.85. The Morgan fingerprint density at radius 2 is 1.60 bits per heavy atom. The molecule has 0 aromatic heterocycles. The molecule has 2 aliphatic heterocycles. The Kier molecular flexibility index (Phi) is 4.14. The molecule has 0 saturated carbocycles. The van der Waals surface area contributed by atoms with E-state index in [9.17, 15) is 9.59 Å². The highest BCUT2D eigenvalue weighted by Crippen LogP contribution is 2.23. The third kappa shape index (κ3) is 3.09. The predicted octanol–water partition coefficient (Wildman–Crippen LogP) is 2.12. The average molecular weight is 336 g/mol. The van der Waals surface area contributed by atoms with Crippen molar-refractivity contribution in [1.82, 2.24) is 4.90 Å². The number of carbonyl (C=O) groups is 2. The first-order valence-electron chi connectivity index (χ1n) is 8.60. The standard InChI is InChI=1S/C20H20N2O3/c23-19(18-14-15-6-4-5-9-17(15)20(24)25-18)22-12-10-21(11-13-22)16-7-2-1-3-8-16/h1-9,18H,10-14H2/t18-/m1/s1. The van der Waals surface area contributed by atoms with Crippen LogP contribution in [0.25, 0.3) is 0 Å². The van der Waals surface area contributed by atoms with Crippen LogP contribution < -0.4 is 4.90 Å². The highest BCUT2D eigenvalue weighted by molar-refractivity contribution is 5.95. The van der Waals surface area contributed by atoms with Gasteiger partial charge in [0.15, 0.2) is 6.10 Å². The number of anilines is 1. The number of rotatable bonds is 2. The zero-order valence-corrected chi connectivity index (χ0v) is 13.9. The van der Waals surface area contributed by atoms with Crippen LogP contribution in [0.1, 0.15) is 15.9 Å². The van der Waals surface area contributed by atoms with Crippen LogP contribution in [0, 0.1) is 0 Å². The van der Waals surface area contributed by atoms with Crippen LogP contribution in [0.3, 0.4) is 0 Å². The third-order valence-electron chi connectivity index (χ3n) is 4.88. The van der Waals surface area contributed by atoms with Crippen molar-refractivity contribution in [2.75, 3.05) is 31.1 Å². The smallest absolute Gasteiger partial charge is 0.339 e. The number of ether oxygens (including phenoxy) is 1. The summed E-state index contributed by atoms with van der Waals surface area (Å²) < 4.78 is 5.40. The molecular formula is C20H20N2O3. The van der Waals surface area contributed by atoms with Crippen LogP contribution in [-0.2, 0) is 16.0 Å². The van der Waals surface area contributed by atoms with Gasteiger partial charge in [-0.3, -0.25) is 4.79 Å². The number of amides is 1. The molecule has 4 rings (SSSR count). The monoisotopic (exact) mass is 336 g/mol. The van der Waals surface area contributed by atoms with Crippen molar-refractivity contribution in [3.8, 4) is 0 Å². The molecule has 5 heteroatoms. The number of carbonyl (C=O) groups excluding carboxylic acids is 2. The summed E-state index contributed by atoms with van der Waals surface area (Å²) in [5.74, 6) is -0.487. The van der Waals surface area contributed by atoms with Crippen molar-refractivity contribution in [3.05, 3.63) is 65.7 Å². The van der Waals surface area contributed by atoms with E-state index in [0.29, 0.717) is 25.1 Å². The van der Waals surface area contributed by atoms with Crippen LogP contribution in [0.15, 0.2) is 54.6 Å². The van der Waals surface area contributed by atoms with Crippen molar-refractivity contribution >= 4 is 17.6 Å². The number of nitrogens with zero attached hydrogens (tertiary/aromatic N) is 2. The van der Waals surface area contributed by atoms with E-state index in [4.69, 9.17) is 4.74 Å². The molecule has 2 aromatic rings. The number of para-hydroxylation sites is 1. The second-order valence-electron chi connectivity index (χ2n) is 6.40. The van der Waals surface area contributed by atoms with E-state index >= 15 is 0 Å². The summed E-state index contributed by atoms with van der Waals surface area (Å²) in [6.07, 6.45) is -0.245. The van der Waals surface area contributed by atoms with E-state index in [2.05, 4.69) is 17.0 Å². The predicted molar refractivity (Wildman–Crippen MR) is 94.6 cm³/mol. The summed E-state index contributed by atoms with van der Waals surface area (Å²) in [7, 11) is 0. The van der Waals surface area contributed by atoms with Gasteiger partial charge in [-0.2, -0.15) is 0 Å². The quantitative estimate of drug-likeness (QED) is 0.788. The second kappa shape index (κ2) is 6.59. The molecule has 0 bridgehead atoms. The number of esters is 1. The van der Waals surface area contributed by atoms with Crippen molar-refractivity contribution in [3.63, 3.8) is 0 Å². The van der Waals surface area contributed by atoms with E-state index in [1.165, 1.54) is 5.69 Å². The molecule has 0 N–H and O–H groups in total. The zero-order chi connectivity index (χ0) is 17.2. The van der Waals surface area contributed by atoms with Crippen molar-refractivity contribution in [2.24, 2.45) is 0 Å². The molecule has 0 aliphatic carbocycles. The van der Waals surface area contributed by atoms with E-state index in [-0.39, 0.29) is 5.91 Å². The SMILES string of the molecule is O=C1O[C@@H](C(=O)N2CCN(c3ccccc3)CC2)Cc2ccccc21. The van der Waals surface area contributed by atoms with Gasteiger partial charge in [-0.1, -0.05) is 36.4 Å². The molecule has 128 valence electrons. The normalized spacial score (nSPS) is 20.0. The molecule has 0 spiro atoms. The summed E-state index contributed by atoms with van der Waals surface area (Å²) >= 11 is 0. The van der Waals surface area contributed by atoms with Crippen LogP contribution >= 0.6 is 0 Å². The van der Waals surface area contributed by atoms with Gasteiger partial charge >= 0.3 is 5.97 Å². The minimum Gasteiger partial charge on any atom is -0.448 e. The molecule has 5 nitrogen and oxygen atoms in total. The Labute approximate surface area is 146 Å². The summed E-state index contributed by atoms with van der Waals surface area (Å²) in [4.78, 5) is 29.0. The lowest BCUT2D eigenvalue weighted by atomic mass is 9.98. The fraction of sp³-hybridized carbons (Fsp3) is 0.300. The van der Waals surface area contributed by atoms with E-state index in [1.807, 2.05) is 41.3 Å². The van der Waals surface area contributed by atoms with Gasteiger partial charge in [-0.25, -0.2) is 4.79 Å². The number of hydrogen-bond acceptors (Lipinski definition) is 4. The average Bonchev–Trinajstić information content (AvgIpc) is 2.68. The van der Waals surface area contributed by atoms with E-state index in [1.54, 1.807) is 6.07 Å². The molecular weight excluding hydrogens is 316 g/mol. The number of cyclic esters (lactones) is 1. The molecule has 1 amide bonds. The third-order valence-corrected chi connectivity index (χ3v) is 4.88. The molecule has 1 fully saturated rings. The highest BCUT2D eigenvalue weighted by atomic mass is 16.5. The number of benzene rings is 2. The van der Waals surface area contributed by atoms with Crippen molar-refractivity contribution in [1.29, 1.82) is 0 Å².